The van der Waals surface area contributed by atoms with Crippen molar-refractivity contribution in [3.8, 4) is 0 Å². The number of imide groups is 1. The van der Waals surface area contributed by atoms with Gasteiger partial charge in [-0.25, -0.2) is 14.6 Å². The zero-order chi connectivity index (χ0) is 18.7. The average molecular weight is 422 g/mol. The third kappa shape index (κ3) is 5.94. The minimum atomic E-state index is -0.905. The first-order valence-corrected chi connectivity index (χ1v) is 8.81. The summed E-state index contributed by atoms with van der Waals surface area (Å²) in [5.41, 5.74) is -0.910. The summed E-state index contributed by atoms with van der Waals surface area (Å²) in [7, 11) is 0. The van der Waals surface area contributed by atoms with Crippen LogP contribution in [0.4, 0.5) is 15.4 Å². The molecule has 1 heterocycles. The first kappa shape index (κ1) is 20.7. The first-order chi connectivity index (χ1) is 10.9. The number of rotatable bonds is 2. The van der Waals surface area contributed by atoms with E-state index in [4.69, 9.17) is 21.1 Å². The molecule has 0 fully saturated rings. The van der Waals surface area contributed by atoms with Gasteiger partial charge in [0.2, 0.25) is 0 Å². The van der Waals surface area contributed by atoms with Gasteiger partial charge in [0.05, 0.1) is 5.02 Å². The van der Waals surface area contributed by atoms with Crippen LogP contribution in [0.5, 0.6) is 0 Å². The smallest absolute Gasteiger partial charge is 0.425 e. The number of ether oxygens (including phenoxy) is 2. The number of hydrogen-bond acceptors (Lipinski definition) is 5. The van der Waals surface area contributed by atoms with Crippen molar-refractivity contribution in [1.82, 2.24) is 4.98 Å². The van der Waals surface area contributed by atoms with Gasteiger partial charge in [-0.05, 0) is 53.2 Å². The van der Waals surface area contributed by atoms with E-state index in [0.29, 0.717) is 15.8 Å². The standard InChI is InChI=1S/C16H22BrClN2O4/c1-15(2,3)23-13(21)20(14(22)24-16(4,5)6)12-11(18)10(9-17)7-8-19-12/h7-8H,9H2,1-6H3. The number of carbonyl (C=O) groups excluding carboxylic acids is 2. The number of anilines is 1. The van der Waals surface area contributed by atoms with Gasteiger partial charge < -0.3 is 9.47 Å². The van der Waals surface area contributed by atoms with Crippen molar-refractivity contribution in [3.05, 3.63) is 22.8 Å². The maximum Gasteiger partial charge on any atom is 0.425 e. The molecule has 0 atom stereocenters. The van der Waals surface area contributed by atoms with Gasteiger partial charge >= 0.3 is 12.2 Å². The molecule has 0 aliphatic carbocycles. The second-order valence-electron chi connectivity index (χ2n) is 7.04. The monoisotopic (exact) mass is 420 g/mol. The second kappa shape index (κ2) is 7.70. The molecule has 1 rings (SSSR count). The lowest BCUT2D eigenvalue weighted by atomic mass is 10.2. The van der Waals surface area contributed by atoms with Crippen LogP contribution in [0, 0.1) is 0 Å². The predicted octanol–water partition coefficient (Wildman–Crippen LogP) is 5.31. The van der Waals surface area contributed by atoms with Gasteiger partial charge in [-0.15, -0.1) is 0 Å². The average Bonchev–Trinajstić information content (AvgIpc) is 2.36. The topological polar surface area (TPSA) is 68.7 Å². The molecule has 0 saturated carbocycles. The molecule has 0 radical (unpaired) electrons. The van der Waals surface area contributed by atoms with Gasteiger partial charge in [0.25, 0.3) is 0 Å². The minimum Gasteiger partial charge on any atom is -0.443 e. The van der Waals surface area contributed by atoms with Crippen LogP contribution in [0.2, 0.25) is 5.02 Å². The van der Waals surface area contributed by atoms with E-state index in [0.717, 1.165) is 0 Å². The van der Waals surface area contributed by atoms with E-state index in [9.17, 15) is 9.59 Å². The van der Waals surface area contributed by atoms with Crippen LogP contribution < -0.4 is 4.90 Å². The molecule has 24 heavy (non-hydrogen) atoms. The van der Waals surface area contributed by atoms with Crippen LogP contribution in [-0.2, 0) is 14.8 Å². The number of carbonyl (C=O) groups is 2. The van der Waals surface area contributed by atoms with Crippen molar-refractivity contribution in [2.75, 3.05) is 4.90 Å². The largest absolute Gasteiger partial charge is 0.443 e. The van der Waals surface area contributed by atoms with Crippen molar-refractivity contribution in [2.45, 2.75) is 58.1 Å². The minimum absolute atomic E-state index is 0.0304. The molecule has 0 spiro atoms. The van der Waals surface area contributed by atoms with Crippen LogP contribution in [-0.4, -0.2) is 28.4 Å². The molecule has 0 aliphatic rings. The second-order valence-corrected chi connectivity index (χ2v) is 7.98. The fraction of sp³-hybridized carbons (Fsp3) is 0.562. The van der Waals surface area contributed by atoms with Crippen molar-refractivity contribution in [2.24, 2.45) is 0 Å². The third-order valence-corrected chi connectivity index (χ3v) is 3.47. The first-order valence-electron chi connectivity index (χ1n) is 7.31. The Balaban J connectivity index is 3.33. The molecule has 0 unspecified atom stereocenters. The van der Waals surface area contributed by atoms with Crippen LogP contribution in [0.15, 0.2) is 12.3 Å². The van der Waals surface area contributed by atoms with E-state index in [1.165, 1.54) is 6.20 Å². The van der Waals surface area contributed by atoms with Crippen LogP contribution in [0.1, 0.15) is 47.1 Å². The zero-order valence-electron chi connectivity index (χ0n) is 14.6. The van der Waals surface area contributed by atoms with Gasteiger partial charge in [0.15, 0.2) is 5.82 Å². The Hall–Kier alpha value is -1.34. The fourth-order valence-electron chi connectivity index (χ4n) is 1.59. The normalized spacial score (nSPS) is 11.8. The molecule has 0 saturated heterocycles. The lowest BCUT2D eigenvalue weighted by Gasteiger charge is -2.28. The number of halogens is 2. The predicted molar refractivity (Wildman–Crippen MR) is 96.8 cm³/mol. The summed E-state index contributed by atoms with van der Waals surface area (Å²) < 4.78 is 10.6. The molecule has 2 amide bonds. The summed E-state index contributed by atoms with van der Waals surface area (Å²) in [6.45, 7) is 10.2. The van der Waals surface area contributed by atoms with Gasteiger partial charge in [0.1, 0.15) is 11.2 Å². The van der Waals surface area contributed by atoms with Gasteiger partial charge in [-0.1, -0.05) is 27.5 Å². The lowest BCUT2D eigenvalue weighted by Crippen LogP contribution is -2.44. The Morgan fingerprint density at radius 3 is 1.96 bits per heavy atom. The Kier molecular flexibility index (Phi) is 6.64. The van der Waals surface area contributed by atoms with Crippen molar-refractivity contribution < 1.29 is 19.1 Å². The van der Waals surface area contributed by atoms with Crippen LogP contribution in [0.3, 0.4) is 0 Å². The number of alkyl halides is 1. The molecular formula is C16H22BrClN2O4. The van der Waals surface area contributed by atoms with Gasteiger partial charge in [-0.2, -0.15) is 4.90 Å². The highest BCUT2D eigenvalue weighted by atomic mass is 79.9. The molecule has 0 N–H and O–H groups in total. The quantitative estimate of drug-likeness (QED) is 0.606. The Labute approximate surface area is 155 Å². The zero-order valence-corrected chi connectivity index (χ0v) is 17.0. The number of amides is 2. The fourth-order valence-corrected chi connectivity index (χ4v) is 2.48. The molecule has 134 valence electrons. The number of aromatic nitrogens is 1. The Bertz CT molecular complexity index is 595. The Morgan fingerprint density at radius 1 is 1.12 bits per heavy atom. The summed E-state index contributed by atoms with van der Waals surface area (Å²) in [6.07, 6.45) is -0.352. The maximum atomic E-state index is 12.5. The Morgan fingerprint density at radius 2 is 1.58 bits per heavy atom. The summed E-state index contributed by atoms with van der Waals surface area (Å²) in [4.78, 5) is 29.8. The molecule has 0 aromatic carbocycles. The summed E-state index contributed by atoms with van der Waals surface area (Å²) in [5.74, 6) is -0.0304. The third-order valence-electron chi connectivity index (χ3n) is 2.46. The number of hydrogen-bond donors (Lipinski definition) is 0. The molecule has 6 nitrogen and oxygen atoms in total. The van der Waals surface area contributed by atoms with Gasteiger partial charge in [-0.3, -0.25) is 0 Å². The van der Waals surface area contributed by atoms with Crippen LogP contribution in [0.25, 0.3) is 0 Å². The molecule has 8 heteroatoms. The van der Waals surface area contributed by atoms with E-state index in [1.807, 2.05) is 0 Å². The van der Waals surface area contributed by atoms with E-state index < -0.39 is 23.4 Å². The number of nitrogens with zero attached hydrogens (tertiary/aromatic N) is 2. The van der Waals surface area contributed by atoms with Crippen molar-refractivity contribution >= 4 is 45.5 Å². The molecular weight excluding hydrogens is 400 g/mol. The number of pyridine rings is 1. The van der Waals surface area contributed by atoms with Crippen LogP contribution >= 0.6 is 27.5 Å². The highest BCUT2D eigenvalue weighted by molar-refractivity contribution is 9.08. The summed E-state index contributed by atoms with van der Waals surface area (Å²) in [6, 6.07) is 1.68. The van der Waals surface area contributed by atoms with Crippen molar-refractivity contribution in [1.29, 1.82) is 0 Å². The molecule has 0 bridgehead atoms. The molecule has 1 aromatic heterocycles. The summed E-state index contributed by atoms with van der Waals surface area (Å²) in [5, 5.41) is 0.615. The maximum absolute atomic E-state index is 12.5. The highest BCUT2D eigenvalue weighted by Crippen LogP contribution is 2.30. The van der Waals surface area contributed by atoms with E-state index in [1.54, 1.807) is 47.6 Å². The van der Waals surface area contributed by atoms with E-state index in [-0.39, 0.29) is 10.8 Å². The van der Waals surface area contributed by atoms with Gasteiger partial charge in [0, 0.05) is 11.5 Å². The van der Waals surface area contributed by atoms with E-state index >= 15 is 0 Å². The lowest BCUT2D eigenvalue weighted by molar-refractivity contribution is 0.0429. The summed E-state index contributed by atoms with van der Waals surface area (Å²) >= 11 is 9.58. The SMILES string of the molecule is CC(C)(C)OC(=O)N(C(=O)OC(C)(C)C)c1nccc(CBr)c1Cl. The van der Waals surface area contributed by atoms with E-state index in [2.05, 4.69) is 20.9 Å². The highest BCUT2D eigenvalue weighted by Gasteiger charge is 2.35. The molecule has 0 aliphatic heterocycles. The van der Waals surface area contributed by atoms with Crippen molar-refractivity contribution in [3.63, 3.8) is 0 Å². The molecule has 1 aromatic rings.